The van der Waals surface area contributed by atoms with Gasteiger partial charge in [0.25, 0.3) is 0 Å². The SMILES string of the molecule is Cc1cc(Cl)c(CC(=O)Nc2ccc(Cl)c(S(=O)(=O)N3CCCCC3)c2)c(Cl)n1. The summed E-state index contributed by atoms with van der Waals surface area (Å²) in [5.74, 6) is -0.400. The molecule has 29 heavy (non-hydrogen) atoms. The normalized spacial score (nSPS) is 15.3. The number of amides is 1. The molecule has 156 valence electrons. The average Bonchev–Trinajstić information content (AvgIpc) is 2.67. The van der Waals surface area contributed by atoms with E-state index in [1.165, 1.54) is 16.4 Å². The van der Waals surface area contributed by atoms with Gasteiger partial charge < -0.3 is 5.32 Å². The molecule has 0 atom stereocenters. The van der Waals surface area contributed by atoms with Crippen LogP contribution in [0.4, 0.5) is 5.69 Å². The lowest BCUT2D eigenvalue weighted by Gasteiger charge is -2.26. The number of benzene rings is 1. The van der Waals surface area contributed by atoms with E-state index < -0.39 is 15.9 Å². The predicted octanol–water partition coefficient (Wildman–Crippen LogP) is 4.71. The van der Waals surface area contributed by atoms with Crippen LogP contribution in [0.1, 0.15) is 30.5 Å². The molecule has 1 aliphatic heterocycles. The van der Waals surface area contributed by atoms with Gasteiger partial charge in [0.1, 0.15) is 10.0 Å². The first-order chi connectivity index (χ1) is 13.7. The largest absolute Gasteiger partial charge is 0.326 e. The first kappa shape index (κ1) is 22.3. The molecule has 0 spiro atoms. The molecule has 6 nitrogen and oxygen atoms in total. The Morgan fingerprint density at radius 2 is 1.79 bits per heavy atom. The van der Waals surface area contributed by atoms with Crippen molar-refractivity contribution >= 4 is 56.4 Å². The Hall–Kier alpha value is -1.38. The van der Waals surface area contributed by atoms with Crippen LogP contribution in [-0.2, 0) is 21.2 Å². The van der Waals surface area contributed by atoms with Crippen LogP contribution in [0.2, 0.25) is 15.2 Å². The smallest absolute Gasteiger partial charge is 0.244 e. The van der Waals surface area contributed by atoms with Crippen LogP contribution in [0, 0.1) is 6.92 Å². The van der Waals surface area contributed by atoms with E-state index in [1.54, 1.807) is 19.1 Å². The summed E-state index contributed by atoms with van der Waals surface area (Å²) in [5.41, 5.74) is 1.38. The van der Waals surface area contributed by atoms with Crippen molar-refractivity contribution in [2.75, 3.05) is 18.4 Å². The number of carbonyl (C=O) groups excluding carboxylic acids is 1. The first-order valence-corrected chi connectivity index (χ1v) is 11.7. The molecular formula is C19H20Cl3N3O3S. The molecule has 2 heterocycles. The van der Waals surface area contributed by atoms with Gasteiger partial charge in [-0.2, -0.15) is 4.31 Å². The molecule has 1 aliphatic rings. The molecular weight excluding hydrogens is 457 g/mol. The Balaban J connectivity index is 1.80. The molecule has 1 amide bonds. The number of nitrogens with zero attached hydrogens (tertiary/aromatic N) is 2. The minimum atomic E-state index is -3.73. The zero-order valence-electron chi connectivity index (χ0n) is 15.7. The third-order valence-electron chi connectivity index (χ3n) is 4.63. The van der Waals surface area contributed by atoms with E-state index in [4.69, 9.17) is 34.8 Å². The van der Waals surface area contributed by atoms with E-state index in [0.29, 0.717) is 35.1 Å². The molecule has 10 heteroatoms. The maximum atomic E-state index is 12.9. The minimum Gasteiger partial charge on any atom is -0.326 e. The second-order valence-corrected chi connectivity index (χ2v) is 9.93. The number of hydrogen-bond acceptors (Lipinski definition) is 4. The van der Waals surface area contributed by atoms with Crippen LogP contribution >= 0.6 is 34.8 Å². The number of anilines is 1. The van der Waals surface area contributed by atoms with Crippen molar-refractivity contribution in [1.82, 2.24) is 9.29 Å². The van der Waals surface area contributed by atoms with Crippen LogP contribution in [0.25, 0.3) is 0 Å². The van der Waals surface area contributed by atoms with Gasteiger partial charge in [-0.15, -0.1) is 0 Å². The molecule has 1 aromatic heterocycles. The van der Waals surface area contributed by atoms with Crippen LogP contribution in [0.15, 0.2) is 29.2 Å². The van der Waals surface area contributed by atoms with Gasteiger partial charge in [-0.05, 0) is 44.0 Å². The average molecular weight is 477 g/mol. The summed E-state index contributed by atoms with van der Waals surface area (Å²) in [7, 11) is -3.73. The summed E-state index contributed by atoms with van der Waals surface area (Å²) in [5, 5.41) is 3.30. The van der Waals surface area contributed by atoms with Gasteiger partial charge >= 0.3 is 0 Å². The molecule has 1 aromatic carbocycles. The number of nitrogens with one attached hydrogen (secondary N) is 1. The van der Waals surface area contributed by atoms with E-state index in [2.05, 4.69) is 10.3 Å². The minimum absolute atomic E-state index is 0.0214. The molecule has 0 unspecified atom stereocenters. The highest BCUT2D eigenvalue weighted by Gasteiger charge is 2.28. The maximum absolute atomic E-state index is 12.9. The highest BCUT2D eigenvalue weighted by molar-refractivity contribution is 7.89. The van der Waals surface area contributed by atoms with E-state index in [1.807, 2.05) is 0 Å². The first-order valence-electron chi connectivity index (χ1n) is 9.09. The number of rotatable bonds is 5. The van der Waals surface area contributed by atoms with Crippen molar-refractivity contribution < 1.29 is 13.2 Å². The van der Waals surface area contributed by atoms with Gasteiger partial charge in [0, 0.05) is 35.1 Å². The number of hydrogen-bond donors (Lipinski definition) is 1. The van der Waals surface area contributed by atoms with Gasteiger partial charge in [0.05, 0.1) is 11.4 Å². The van der Waals surface area contributed by atoms with Crippen LogP contribution in [0.5, 0.6) is 0 Å². The number of aryl methyl sites for hydroxylation is 1. The van der Waals surface area contributed by atoms with Crippen molar-refractivity contribution in [3.63, 3.8) is 0 Å². The highest BCUT2D eigenvalue weighted by atomic mass is 35.5. The summed E-state index contributed by atoms with van der Waals surface area (Å²) in [6.07, 6.45) is 2.55. The van der Waals surface area contributed by atoms with E-state index >= 15 is 0 Å². The van der Waals surface area contributed by atoms with Gasteiger partial charge in [0.15, 0.2) is 0 Å². The summed E-state index contributed by atoms with van der Waals surface area (Å²) in [6.45, 7) is 2.68. The summed E-state index contributed by atoms with van der Waals surface area (Å²) >= 11 is 18.4. The lowest BCUT2D eigenvalue weighted by atomic mass is 10.2. The lowest BCUT2D eigenvalue weighted by molar-refractivity contribution is -0.115. The van der Waals surface area contributed by atoms with Crippen molar-refractivity contribution in [3.05, 3.63) is 50.7 Å². The Labute approximate surface area is 185 Å². The Morgan fingerprint density at radius 1 is 1.10 bits per heavy atom. The van der Waals surface area contributed by atoms with E-state index in [-0.39, 0.29) is 21.5 Å². The number of aromatic nitrogens is 1. The third kappa shape index (κ3) is 5.22. The van der Waals surface area contributed by atoms with Crippen molar-refractivity contribution in [1.29, 1.82) is 0 Å². The third-order valence-corrected chi connectivity index (χ3v) is 7.66. The van der Waals surface area contributed by atoms with Gasteiger partial charge in [0.2, 0.25) is 15.9 Å². The van der Waals surface area contributed by atoms with Gasteiger partial charge in [-0.25, -0.2) is 13.4 Å². The fourth-order valence-corrected chi connectivity index (χ4v) is 5.85. The second-order valence-electron chi connectivity index (χ2n) is 6.85. The molecule has 0 saturated carbocycles. The number of sulfonamides is 1. The van der Waals surface area contributed by atoms with E-state index in [9.17, 15) is 13.2 Å². The quantitative estimate of drug-likeness (QED) is 0.634. The number of pyridine rings is 1. The highest BCUT2D eigenvalue weighted by Crippen LogP contribution is 2.30. The molecule has 1 saturated heterocycles. The zero-order chi connectivity index (χ0) is 21.2. The number of piperidine rings is 1. The predicted molar refractivity (Wildman–Crippen MR) is 115 cm³/mol. The van der Waals surface area contributed by atoms with Crippen LogP contribution in [0.3, 0.4) is 0 Å². The number of halogens is 3. The Bertz CT molecular complexity index is 1020. The van der Waals surface area contributed by atoms with Gasteiger partial charge in [-0.3, -0.25) is 4.79 Å². The van der Waals surface area contributed by atoms with E-state index in [0.717, 1.165) is 19.3 Å². The fraction of sp³-hybridized carbons (Fsp3) is 0.368. The number of carbonyl (C=O) groups is 1. The maximum Gasteiger partial charge on any atom is 0.244 e. The van der Waals surface area contributed by atoms with Crippen molar-refractivity contribution in [2.45, 2.75) is 37.5 Å². The topological polar surface area (TPSA) is 79.4 Å². The zero-order valence-corrected chi connectivity index (χ0v) is 18.8. The molecule has 0 radical (unpaired) electrons. The standard InChI is InChI=1S/C19H20Cl3N3O3S/c1-12-9-16(21)14(19(22)23-12)11-18(26)24-13-5-6-15(20)17(10-13)29(27,28)25-7-3-2-4-8-25/h5-6,9-10H,2-4,7-8,11H2,1H3,(H,24,26). The second kappa shape index (κ2) is 9.18. The Morgan fingerprint density at radius 3 is 2.45 bits per heavy atom. The van der Waals surface area contributed by atoms with Crippen molar-refractivity contribution in [3.8, 4) is 0 Å². The summed E-state index contributed by atoms with van der Waals surface area (Å²) in [6, 6.07) is 6.01. The Kier molecular flexibility index (Phi) is 7.06. The summed E-state index contributed by atoms with van der Waals surface area (Å²) in [4.78, 5) is 16.6. The molecule has 3 rings (SSSR count). The molecule has 1 fully saturated rings. The molecule has 1 N–H and O–H groups in total. The molecule has 0 aliphatic carbocycles. The van der Waals surface area contributed by atoms with Crippen LogP contribution < -0.4 is 5.32 Å². The molecule has 0 bridgehead atoms. The fourth-order valence-electron chi connectivity index (χ4n) is 3.17. The molecule has 2 aromatic rings. The monoisotopic (exact) mass is 475 g/mol. The van der Waals surface area contributed by atoms with Crippen LogP contribution in [-0.4, -0.2) is 36.7 Å². The van der Waals surface area contributed by atoms with Gasteiger partial charge in [-0.1, -0.05) is 41.2 Å². The summed E-state index contributed by atoms with van der Waals surface area (Å²) < 4.78 is 27.3. The lowest BCUT2D eigenvalue weighted by Crippen LogP contribution is -2.35. The van der Waals surface area contributed by atoms with Crippen molar-refractivity contribution in [2.24, 2.45) is 0 Å².